The van der Waals surface area contributed by atoms with Gasteiger partial charge in [-0.25, -0.2) is 4.98 Å². The van der Waals surface area contributed by atoms with Crippen LogP contribution >= 0.6 is 11.3 Å². The smallest absolute Gasteiger partial charge is 0.0950 e. The van der Waals surface area contributed by atoms with Gasteiger partial charge >= 0.3 is 0 Å². The van der Waals surface area contributed by atoms with E-state index in [-0.39, 0.29) is 0 Å². The molecule has 0 aliphatic carbocycles. The van der Waals surface area contributed by atoms with Crippen LogP contribution in [0.1, 0.15) is 35.7 Å². The molecule has 0 saturated heterocycles. The second-order valence-corrected chi connectivity index (χ2v) is 5.19. The standard InChI is InChI=1S/C13H18N2OS/c1-3-5-14-13(11-4-6-16-8-11)7-12-9-17-10(2)15-12/h4,6,8-9,13-14H,3,5,7H2,1-2H3. The van der Waals surface area contributed by atoms with Crippen LogP contribution in [0.15, 0.2) is 28.4 Å². The van der Waals surface area contributed by atoms with Crippen LogP contribution in [-0.4, -0.2) is 11.5 Å². The predicted molar refractivity (Wildman–Crippen MR) is 70.3 cm³/mol. The molecule has 0 bridgehead atoms. The Labute approximate surface area is 106 Å². The minimum Gasteiger partial charge on any atom is -0.472 e. The fourth-order valence-corrected chi connectivity index (χ4v) is 2.44. The lowest BCUT2D eigenvalue weighted by Crippen LogP contribution is -2.23. The summed E-state index contributed by atoms with van der Waals surface area (Å²) >= 11 is 1.71. The number of nitrogens with zero attached hydrogens (tertiary/aromatic N) is 1. The van der Waals surface area contributed by atoms with Crippen LogP contribution in [-0.2, 0) is 6.42 Å². The number of hydrogen-bond donors (Lipinski definition) is 1. The van der Waals surface area contributed by atoms with Gasteiger partial charge in [0.25, 0.3) is 0 Å². The van der Waals surface area contributed by atoms with Crippen molar-refractivity contribution < 1.29 is 4.42 Å². The first-order valence-electron chi connectivity index (χ1n) is 5.96. The van der Waals surface area contributed by atoms with Crippen LogP contribution in [0.4, 0.5) is 0 Å². The van der Waals surface area contributed by atoms with Crippen molar-refractivity contribution in [2.45, 2.75) is 32.7 Å². The van der Waals surface area contributed by atoms with E-state index in [1.165, 1.54) is 5.56 Å². The molecule has 0 fully saturated rings. The van der Waals surface area contributed by atoms with Crippen LogP contribution in [0.5, 0.6) is 0 Å². The molecule has 0 saturated carbocycles. The van der Waals surface area contributed by atoms with E-state index < -0.39 is 0 Å². The van der Waals surface area contributed by atoms with Crippen LogP contribution in [0.3, 0.4) is 0 Å². The van der Waals surface area contributed by atoms with E-state index in [1.54, 1.807) is 17.6 Å². The normalized spacial score (nSPS) is 12.8. The average molecular weight is 250 g/mol. The highest BCUT2D eigenvalue weighted by atomic mass is 32.1. The molecule has 2 aromatic heterocycles. The maximum Gasteiger partial charge on any atom is 0.0950 e. The molecule has 0 aromatic carbocycles. The maximum atomic E-state index is 5.16. The predicted octanol–water partition coefficient (Wildman–Crippen LogP) is 3.33. The SMILES string of the molecule is CCCNC(Cc1csc(C)n1)c1ccoc1. The second kappa shape index (κ2) is 5.98. The number of nitrogens with one attached hydrogen (secondary N) is 1. The Bertz CT molecular complexity index is 436. The number of rotatable bonds is 6. The summed E-state index contributed by atoms with van der Waals surface area (Å²) in [6.45, 7) is 5.23. The fourth-order valence-electron chi connectivity index (χ4n) is 1.81. The summed E-state index contributed by atoms with van der Waals surface area (Å²) in [6.07, 6.45) is 5.59. The Hall–Kier alpha value is -1.13. The molecule has 92 valence electrons. The first kappa shape index (κ1) is 12.3. The molecule has 0 spiro atoms. The minimum atomic E-state index is 0.301. The molecular formula is C13H18N2OS. The zero-order valence-corrected chi connectivity index (χ0v) is 11.1. The van der Waals surface area contributed by atoms with Gasteiger partial charge in [-0.05, 0) is 26.0 Å². The molecule has 0 aliphatic heterocycles. The van der Waals surface area contributed by atoms with Gasteiger partial charge < -0.3 is 9.73 Å². The van der Waals surface area contributed by atoms with Crippen LogP contribution in [0.2, 0.25) is 0 Å². The maximum absolute atomic E-state index is 5.16. The summed E-state index contributed by atoms with van der Waals surface area (Å²) in [5.41, 5.74) is 2.35. The van der Waals surface area contributed by atoms with Gasteiger partial charge in [-0.15, -0.1) is 11.3 Å². The molecule has 0 radical (unpaired) electrons. The van der Waals surface area contributed by atoms with Gasteiger partial charge in [0.05, 0.1) is 23.2 Å². The van der Waals surface area contributed by atoms with Gasteiger partial charge in [-0.2, -0.15) is 0 Å². The van der Waals surface area contributed by atoms with E-state index in [4.69, 9.17) is 4.42 Å². The molecule has 1 atom stereocenters. The van der Waals surface area contributed by atoms with Crippen molar-refractivity contribution in [1.29, 1.82) is 0 Å². The highest BCUT2D eigenvalue weighted by Gasteiger charge is 2.14. The lowest BCUT2D eigenvalue weighted by Gasteiger charge is -2.15. The number of hydrogen-bond acceptors (Lipinski definition) is 4. The fraction of sp³-hybridized carbons (Fsp3) is 0.462. The molecule has 0 amide bonds. The van der Waals surface area contributed by atoms with Crippen LogP contribution < -0.4 is 5.32 Å². The average Bonchev–Trinajstić information content (AvgIpc) is 2.95. The first-order chi connectivity index (χ1) is 8.29. The van der Waals surface area contributed by atoms with Crippen molar-refractivity contribution in [2.24, 2.45) is 0 Å². The third-order valence-electron chi connectivity index (χ3n) is 2.67. The third kappa shape index (κ3) is 3.41. The van der Waals surface area contributed by atoms with Crippen molar-refractivity contribution in [3.63, 3.8) is 0 Å². The summed E-state index contributed by atoms with van der Waals surface area (Å²) in [5, 5.41) is 6.80. The molecule has 4 heteroatoms. The van der Waals surface area contributed by atoms with Crippen molar-refractivity contribution in [2.75, 3.05) is 6.54 Å². The quantitative estimate of drug-likeness (QED) is 0.854. The molecule has 2 aromatic rings. The summed E-state index contributed by atoms with van der Waals surface area (Å²) in [5.74, 6) is 0. The van der Waals surface area contributed by atoms with E-state index in [0.29, 0.717) is 6.04 Å². The number of furan rings is 1. The monoisotopic (exact) mass is 250 g/mol. The van der Waals surface area contributed by atoms with E-state index in [2.05, 4.69) is 22.6 Å². The lowest BCUT2D eigenvalue weighted by molar-refractivity contribution is 0.509. The van der Waals surface area contributed by atoms with Gasteiger partial charge in [0, 0.05) is 23.4 Å². The largest absolute Gasteiger partial charge is 0.472 e. The van der Waals surface area contributed by atoms with Gasteiger partial charge in [0.2, 0.25) is 0 Å². The van der Waals surface area contributed by atoms with Gasteiger partial charge in [0.15, 0.2) is 0 Å². The molecule has 1 N–H and O–H groups in total. The number of aromatic nitrogens is 1. The Balaban J connectivity index is 2.05. The molecule has 1 unspecified atom stereocenters. The molecular weight excluding hydrogens is 232 g/mol. The molecule has 17 heavy (non-hydrogen) atoms. The van der Waals surface area contributed by atoms with E-state index in [9.17, 15) is 0 Å². The molecule has 2 heterocycles. The van der Waals surface area contributed by atoms with Gasteiger partial charge in [-0.3, -0.25) is 0 Å². The number of thiazole rings is 1. The summed E-state index contributed by atoms with van der Waals surface area (Å²) < 4.78 is 5.16. The van der Waals surface area contributed by atoms with Crippen molar-refractivity contribution in [3.05, 3.63) is 40.2 Å². The van der Waals surface area contributed by atoms with Crippen molar-refractivity contribution >= 4 is 11.3 Å². The van der Waals surface area contributed by atoms with Crippen LogP contribution in [0.25, 0.3) is 0 Å². The van der Waals surface area contributed by atoms with Gasteiger partial charge in [-0.1, -0.05) is 6.92 Å². The minimum absolute atomic E-state index is 0.301. The molecule has 0 aliphatic rings. The number of aryl methyl sites for hydroxylation is 1. The Morgan fingerprint density at radius 3 is 3.00 bits per heavy atom. The Morgan fingerprint density at radius 1 is 1.53 bits per heavy atom. The van der Waals surface area contributed by atoms with E-state index >= 15 is 0 Å². The highest BCUT2D eigenvalue weighted by Crippen LogP contribution is 2.20. The highest BCUT2D eigenvalue weighted by molar-refractivity contribution is 7.09. The van der Waals surface area contributed by atoms with Crippen molar-refractivity contribution in [1.82, 2.24) is 10.3 Å². The second-order valence-electron chi connectivity index (χ2n) is 4.13. The van der Waals surface area contributed by atoms with Gasteiger partial charge in [0.1, 0.15) is 0 Å². The first-order valence-corrected chi connectivity index (χ1v) is 6.84. The summed E-state index contributed by atoms with van der Waals surface area (Å²) in [4.78, 5) is 4.52. The Morgan fingerprint density at radius 2 is 2.41 bits per heavy atom. The van der Waals surface area contributed by atoms with Crippen LogP contribution in [0, 0.1) is 6.92 Å². The van der Waals surface area contributed by atoms with E-state index in [0.717, 1.165) is 30.1 Å². The zero-order chi connectivity index (χ0) is 12.1. The molecule has 2 rings (SSSR count). The topological polar surface area (TPSA) is 38.1 Å². The third-order valence-corrected chi connectivity index (χ3v) is 3.49. The van der Waals surface area contributed by atoms with Crippen molar-refractivity contribution in [3.8, 4) is 0 Å². The summed E-state index contributed by atoms with van der Waals surface area (Å²) in [7, 11) is 0. The summed E-state index contributed by atoms with van der Waals surface area (Å²) in [6, 6.07) is 2.32. The molecule has 3 nitrogen and oxygen atoms in total. The lowest BCUT2D eigenvalue weighted by atomic mass is 10.1. The van der Waals surface area contributed by atoms with E-state index in [1.807, 2.05) is 19.3 Å². The zero-order valence-electron chi connectivity index (χ0n) is 10.3. The Kier molecular flexibility index (Phi) is 4.34.